The molecule has 0 atom stereocenters. The summed E-state index contributed by atoms with van der Waals surface area (Å²) in [7, 11) is 0. The van der Waals surface area contributed by atoms with Gasteiger partial charge in [-0.2, -0.15) is 0 Å². The zero-order valence-electron chi connectivity index (χ0n) is 33.3. The second kappa shape index (κ2) is 13.7. The number of rotatable bonds is 7. The molecule has 0 unspecified atom stereocenters. The van der Waals surface area contributed by atoms with Crippen molar-refractivity contribution < 1.29 is 0 Å². The Hall–Kier alpha value is -4.88. The quantitative estimate of drug-likeness (QED) is 0.158. The number of fused-ring (bicyclic) bond motifs is 3. The van der Waals surface area contributed by atoms with Gasteiger partial charge in [0, 0.05) is 22.4 Å². The summed E-state index contributed by atoms with van der Waals surface area (Å²) in [5.41, 5.74) is 17.4. The summed E-state index contributed by atoms with van der Waals surface area (Å²) in [6, 6.07) is 53.8. The van der Waals surface area contributed by atoms with Crippen molar-refractivity contribution in [1.82, 2.24) is 0 Å². The lowest BCUT2D eigenvalue weighted by molar-refractivity contribution is -0.00277. The summed E-state index contributed by atoms with van der Waals surface area (Å²) in [6.07, 6.45) is 14.1. The van der Waals surface area contributed by atoms with Crippen molar-refractivity contribution in [2.45, 2.75) is 95.3 Å². The smallest absolute Gasteiger partial charge is 0.0543 e. The topological polar surface area (TPSA) is 3.24 Å². The molecule has 0 spiro atoms. The van der Waals surface area contributed by atoms with E-state index in [1.807, 2.05) is 0 Å². The highest BCUT2D eigenvalue weighted by atomic mass is 15.1. The van der Waals surface area contributed by atoms with Crippen molar-refractivity contribution in [3.63, 3.8) is 0 Å². The van der Waals surface area contributed by atoms with Gasteiger partial charge in [0.25, 0.3) is 0 Å². The summed E-state index contributed by atoms with van der Waals surface area (Å²) in [5.74, 6) is 5.17. The minimum Gasteiger partial charge on any atom is -0.310 e. The average molecular weight is 730 g/mol. The molecule has 4 bridgehead atoms. The Morgan fingerprint density at radius 3 is 1.64 bits per heavy atom. The van der Waals surface area contributed by atoms with Gasteiger partial charge in [-0.3, -0.25) is 0 Å². The van der Waals surface area contributed by atoms with E-state index in [-0.39, 0.29) is 5.41 Å². The van der Waals surface area contributed by atoms with Crippen LogP contribution in [-0.2, 0) is 5.41 Å². The minimum atomic E-state index is -0.180. The van der Waals surface area contributed by atoms with Gasteiger partial charge < -0.3 is 4.90 Å². The first kappa shape index (κ1) is 34.4. The monoisotopic (exact) mass is 729 g/mol. The Morgan fingerprint density at radius 1 is 0.482 bits per heavy atom. The molecule has 6 aromatic carbocycles. The summed E-state index contributed by atoms with van der Waals surface area (Å²) in [5, 5.41) is 0. The molecule has 0 aliphatic heterocycles. The molecule has 1 heteroatoms. The highest BCUT2D eigenvalue weighted by Gasteiger charge is 2.48. The number of hydrogen-bond acceptors (Lipinski definition) is 1. The number of nitrogens with zero attached hydrogens (tertiary/aromatic N) is 1. The fraction of sp³-hybridized carbons (Fsp3) is 0.345. The molecule has 0 radical (unpaired) electrons. The fourth-order valence-corrected chi connectivity index (χ4v) is 12.9. The third kappa shape index (κ3) is 5.71. The number of anilines is 3. The van der Waals surface area contributed by atoms with Gasteiger partial charge in [-0.1, -0.05) is 136 Å². The Labute approximate surface area is 334 Å². The molecule has 5 saturated carbocycles. The van der Waals surface area contributed by atoms with Crippen LogP contribution >= 0.6 is 0 Å². The second-order valence-corrected chi connectivity index (χ2v) is 18.8. The summed E-state index contributed by atoms with van der Waals surface area (Å²) in [4.78, 5) is 2.59. The van der Waals surface area contributed by atoms with Gasteiger partial charge in [-0.05, 0) is 167 Å². The van der Waals surface area contributed by atoms with Crippen molar-refractivity contribution in [2.24, 2.45) is 23.7 Å². The highest BCUT2D eigenvalue weighted by Crippen LogP contribution is 2.60. The molecule has 6 aromatic rings. The molecule has 0 saturated heterocycles. The van der Waals surface area contributed by atoms with Crippen LogP contribution in [0.1, 0.15) is 112 Å². The van der Waals surface area contributed by atoms with E-state index in [2.05, 4.69) is 158 Å². The fourth-order valence-electron chi connectivity index (χ4n) is 12.9. The first-order chi connectivity index (χ1) is 27.5. The van der Waals surface area contributed by atoms with E-state index < -0.39 is 0 Å². The van der Waals surface area contributed by atoms with E-state index in [1.165, 1.54) is 131 Å². The SMILES string of the molecule is CC1(C)c2cc(N(c3ccc(C4CCCCC4)cc3)c3ccc(C4C5CC6CC(C5)CC4C6)cc3)c(-c3ccccc3)cc2-c2cccc(-c3ccccc3)c21. The molecule has 12 rings (SSSR count). The van der Waals surface area contributed by atoms with E-state index in [9.17, 15) is 0 Å². The molecule has 280 valence electrons. The van der Waals surface area contributed by atoms with Crippen LogP contribution in [0.25, 0.3) is 33.4 Å². The van der Waals surface area contributed by atoms with Crippen molar-refractivity contribution in [3.05, 3.63) is 162 Å². The minimum absolute atomic E-state index is 0.180. The number of benzene rings is 6. The van der Waals surface area contributed by atoms with Gasteiger partial charge in [0.05, 0.1) is 5.69 Å². The molecule has 6 aliphatic rings. The lowest BCUT2D eigenvalue weighted by atomic mass is 9.51. The predicted octanol–water partition coefficient (Wildman–Crippen LogP) is 15.4. The standard InChI is InChI=1S/C55H55N/c1-55(2)51-35-52(49(41-17-10-5-11-18-41)34-50(51)48-20-12-19-47(54(48)55)40-15-8-4-9-16-40)56(45-25-21-39(22-26-45)38-13-6-3-7-14-38)46-27-23-42(24-28-46)53-43-30-36-29-37(32-43)33-44(53)31-36/h4-5,8-12,15-28,34-38,43-44,53H,3,6-7,13-14,29-33H2,1-2H3. The van der Waals surface area contributed by atoms with E-state index in [4.69, 9.17) is 0 Å². The van der Waals surface area contributed by atoms with Crippen LogP contribution < -0.4 is 4.90 Å². The summed E-state index contributed by atoms with van der Waals surface area (Å²) in [6.45, 7) is 4.89. The molecule has 6 aliphatic carbocycles. The van der Waals surface area contributed by atoms with Crippen LogP contribution in [0, 0.1) is 23.7 Å². The molecule has 0 N–H and O–H groups in total. The van der Waals surface area contributed by atoms with Crippen molar-refractivity contribution in [2.75, 3.05) is 4.90 Å². The third-order valence-corrected chi connectivity index (χ3v) is 15.2. The maximum Gasteiger partial charge on any atom is 0.0543 e. The maximum atomic E-state index is 2.59. The molecule has 1 nitrogen and oxygen atoms in total. The van der Waals surface area contributed by atoms with E-state index >= 15 is 0 Å². The third-order valence-electron chi connectivity index (χ3n) is 15.2. The van der Waals surface area contributed by atoms with Gasteiger partial charge in [0.1, 0.15) is 0 Å². The Bertz CT molecular complexity index is 2330. The van der Waals surface area contributed by atoms with E-state index in [0.717, 1.165) is 29.6 Å². The van der Waals surface area contributed by atoms with E-state index in [1.54, 1.807) is 5.56 Å². The zero-order valence-corrected chi connectivity index (χ0v) is 33.3. The lowest BCUT2D eigenvalue weighted by Gasteiger charge is -2.54. The van der Waals surface area contributed by atoms with E-state index in [0.29, 0.717) is 5.92 Å². The van der Waals surface area contributed by atoms with Crippen molar-refractivity contribution >= 4 is 17.1 Å². The molecule has 5 fully saturated rings. The average Bonchev–Trinajstić information content (AvgIpc) is 3.47. The molecule has 0 heterocycles. The van der Waals surface area contributed by atoms with Crippen LogP contribution in [-0.4, -0.2) is 0 Å². The first-order valence-electron chi connectivity index (χ1n) is 21.9. The predicted molar refractivity (Wildman–Crippen MR) is 235 cm³/mol. The number of hydrogen-bond donors (Lipinski definition) is 0. The molecule has 56 heavy (non-hydrogen) atoms. The lowest BCUT2D eigenvalue weighted by Crippen LogP contribution is -2.43. The van der Waals surface area contributed by atoms with Crippen LogP contribution in [0.3, 0.4) is 0 Å². The Morgan fingerprint density at radius 2 is 1.04 bits per heavy atom. The van der Waals surface area contributed by atoms with Gasteiger partial charge in [0.2, 0.25) is 0 Å². The zero-order chi connectivity index (χ0) is 37.4. The highest BCUT2D eigenvalue weighted by molar-refractivity contribution is 5.96. The molecule has 0 amide bonds. The summed E-state index contributed by atoms with van der Waals surface area (Å²) < 4.78 is 0. The van der Waals surface area contributed by atoms with Crippen LogP contribution in [0.4, 0.5) is 17.1 Å². The van der Waals surface area contributed by atoms with Crippen molar-refractivity contribution in [3.8, 4) is 33.4 Å². The van der Waals surface area contributed by atoms with Crippen molar-refractivity contribution in [1.29, 1.82) is 0 Å². The van der Waals surface area contributed by atoms with Crippen LogP contribution in [0.2, 0.25) is 0 Å². The van der Waals surface area contributed by atoms with Gasteiger partial charge in [-0.25, -0.2) is 0 Å². The molecule has 0 aromatic heterocycles. The van der Waals surface area contributed by atoms with Crippen LogP contribution in [0.5, 0.6) is 0 Å². The second-order valence-electron chi connectivity index (χ2n) is 18.8. The molecular weight excluding hydrogens is 675 g/mol. The van der Waals surface area contributed by atoms with Gasteiger partial charge in [-0.15, -0.1) is 0 Å². The summed E-state index contributed by atoms with van der Waals surface area (Å²) >= 11 is 0. The Kier molecular flexibility index (Phi) is 8.38. The van der Waals surface area contributed by atoms with Gasteiger partial charge >= 0.3 is 0 Å². The maximum absolute atomic E-state index is 2.59. The van der Waals surface area contributed by atoms with Gasteiger partial charge in [0.15, 0.2) is 0 Å². The first-order valence-corrected chi connectivity index (χ1v) is 21.9. The van der Waals surface area contributed by atoms with Crippen LogP contribution in [0.15, 0.2) is 140 Å². The molecular formula is C55H55N. The Balaban J connectivity index is 1.07. The largest absolute Gasteiger partial charge is 0.310 e. The normalized spacial score (nSPS) is 24.5.